The summed E-state index contributed by atoms with van der Waals surface area (Å²) in [5.41, 5.74) is 1.54. The third kappa shape index (κ3) is 5.69. The number of thioether (sulfide) groups is 1. The first-order valence-electron chi connectivity index (χ1n) is 11.7. The molecule has 194 valence electrons. The second kappa shape index (κ2) is 11.1. The van der Waals surface area contributed by atoms with E-state index in [1.807, 2.05) is 48.5 Å². The van der Waals surface area contributed by atoms with Crippen molar-refractivity contribution in [2.75, 3.05) is 6.54 Å². The van der Waals surface area contributed by atoms with Crippen molar-refractivity contribution in [3.8, 4) is 5.75 Å². The molecule has 1 heterocycles. The molecule has 0 aromatic heterocycles. The Balaban J connectivity index is 1.41. The maximum atomic E-state index is 13.2. The molecule has 10 heteroatoms. The van der Waals surface area contributed by atoms with Crippen molar-refractivity contribution in [3.63, 3.8) is 0 Å². The summed E-state index contributed by atoms with van der Waals surface area (Å²) in [5, 5.41) is 12.7. The molecule has 0 radical (unpaired) electrons. The fourth-order valence-electron chi connectivity index (χ4n) is 4.06. The van der Waals surface area contributed by atoms with Gasteiger partial charge in [-0.1, -0.05) is 54.1 Å². The SMILES string of the molecule is O=C(CN1C(=O)S/C(=C/c2c(OCc3ccc(Cl)cc3)ccc3ccccc23)C1=O)c1ccc([N+](=O)[O-])cc1. The van der Waals surface area contributed by atoms with Gasteiger partial charge in [0.2, 0.25) is 0 Å². The van der Waals surface area contributed by atoms with Crippen molar-refractivity contribution >= 4 is 62.8 Å². The average Bonchev–Trinajstić information content (AvgIpc) is 3.20. The Morgan fingerprint density at radius 3 is 2.41 bits per heavy atom. The third-order valence-corrected chi connectivity index (χ3v) is 7.25. The lowest BCUT2D eigenvalue weighted by atomic mass is 10.0. The van der Waals surface area contributed by atoms with Crippen molar-refractivity contribution in [2.24, 2.45) is 0 Å². The van der Waals surface area contributed by atoms with Crippen LogP contribution < -0.4 is 4.74 Å². The highest BCUT2D eigenvalue weighted by molar-refractivity contribution is 8.18. The van der Waals surface area contributed by atoms with Crippen LogP contribution in [0.3, 0.4) is 0 Å². The molecule has 0 N–H and O–H groups in total. The molecule has 5 rings (SSSR count). The fourth-order valence-corrected chi connectivity index (χ4v) is 5.01. The third-order valence-electron chi connectivity index (χ3n) is 6.09. The molecular weight excluding hydrogens is 540 g/mol. The quantitative estimate of drug-likeness (QED) is 0.100. The Morgan fingerprint density at radius 2 is 1.69 bits per heavy atom. The number of nitro benzene ring substituents is 1. The van der Waals surface area contributed by atoms with Gasteiger partial charge in [0.1, 0.15) is 12.4 Å². The normalized spacial score (nSPS) is 14.3. The highest BCUT2D eigenvalue weighted by atomic mass is 35.5. The summed E-state index contributed by atoms with van der Waals surface area (Å²) in [6, 6.07) is 23.6. The maximum absolute atomic E-state index is 13.2. The predicted octanol–water partition coefficient (Wildman–Crippen LogP) is 6.90. The average molecular weight is 559 g/mol. The second-order valence-electron chi connectivity index (χ2n) is 8.61. The number of amides is 2. The number of rotatable bonds is 8. The minimum atomic E-state index is -0.600. The predicted molar refractivity (Wildman–Crippen MR) is 150 cm³/mol. The zero-order chi connectivity index (χ0) is 27.5. The molecule has 0 bridgehead atoms. The van der Waals surface area contributed by atoms with Crippen LogP contribution in [0, 0.1) is 10.1 Å². The molecule has 1 aliphatic rings. The van der Waals surface area contributed by atoms with E-state index in [1.54, 1.807) is 18.2 Å². The molecule has 4 aromatic rings. The number of fused-ring (bicyclic) bond motifs is 1. The number of Topliss-reactive ketones (excluding diaryl/α,β-unsaturated/α-hetero) is 1. The van der Waals surface area contributed by atoms with Gasteiger partial charge in [-0.3, -0.25) is 29.4 Å². The van der Waals surface area contributed by atoms with Gasteiger partial charge < -0.3 is 4.74 Å². The summed E-state index contributed by atoms with van der Waals surface area (Å²) in [5.74, 6) is -0.583. The molecule has 0 saturated carbocycles. The number of benzene rings is 4. The Morgan fingerprint density at radius 1 is 0.974 bits per heavy atom. The van der Waals surface area contributed by atoms with Crippen LogP contribution in [0.4, 0.5) is 10.5 Å². The highest BCUT2D eigenvalue weighted by Gasteiger charge is 2.36. The molecule has 39 heavy (non-hydrogen) atoms. The van der Waals surface area contributed by atoms with Crippen molar-refractivity contribution in [1.82, 2.24) is 4.90 Å². The molecule has 1 fully saturated rings. The zero-order valence-electron chi connectivity index (χ0n) is 20.2. The lowest BCUT2D eigenvalue weighted by Crippen LogP contribution is -2.33. The molecule has 1 saturated heterocycles. The summed E-state index contributed by atoms with van der Waals surface area (Å²) in [4.78, 5) is 50.0. The lowest BCUT2D eigenvalue weighted by Gasteiger charge is -2.13. The summed E-state index contributed by atoms with van der Waals surface area (Å²) in [7, 11) is 0. The van der Waals surface area contributed by atoms with E-state index in [-0.39, 0.29) is 22.8 Å². The summed E-state index contributed by atoms with van der Waals surface area (Å²) < 4.78 is 6.11. The Hall–Kier alpha value is -4.47. The van der Waals surface area contributed by atoms with E-state index in [0.717, 1.165) is 33.0 Å². The Bertz CT molecular complexity index is 1650. The van der Waals surface area contributed by atoms with Gasteiger partial charge in [-0.05, 0) is 64.5 Å². The van der Waals surface area contributed by atoms with E-state index in [9.17, 15) is 24.5 Å². The molecule has 0 atom stereocenters. The number of hydrogen-bond donors (Lipinski definition) is 0. The van der Waals surface area contributed by atoms with Gasteiger partial charge in [-0.2, -0.15) is 0 Å². The van der Waals surface area contributed by atoms with E-state index in [2.05, 4.69) is 0 Å². The van der Waals surface area contributed by atoms with Crippen molar-refractivity contribution in [2.45, 2.75) is 6.61 Å². The highest BCUT2D eigenvalue weighted by Crippen LogP contribution is 2.37. The van der Waals surface area contributed by atoms with E-state index in [4.69, 9.17) is 16.3 Å². The second-order valence-corrected chi connectivity index (χ2v) is 10.0. The molecule has 0 aliphatic carbocycles. The van der Waals surface area contributed by atoms with Crippen LogP contribution in [-0.2, 0) is 11.4 Å². The van der Waals surface area contributed by atoms with Crippen LogP contribution in [0.2, 0.25) is 5.02 Å². The van der Waals surface area contributed by atoms with Gasteiger partial charge in [-0.15, -0.1) is 0 Å². The Labute approximate surface area is 232 Å². The van der Waals surface area contributed by atoms with Crippen LogP contribution in [-0.4, -0.2) is 33.3 Å². The van der Waals surface area contributed by atoms with Crippen LogP contribution in [0.1, 0.15) is 21.5 Å². The van der Waals surface area contributed by atoms with Gasteiger partial charge in [-0.25, -0.2) is 0 Å². The maximum Gasteiger partial charge on any atom is 0.293 e. The first-order valence-corrected chi connectivity index (χ1v) is 12.9. The smallest absolute Gasteiger partial charge is 0.293 e. The summed E-state index contributed by atoms with van der Waals surface area (Å²) >= 11 is 6.72. The van der Waals surface area contributed by atoms with Crippen LogP contribution in [0.5, 0.6) is 5.75 Å². The van der Waals surface area contributed by atoms with Crippen LogP contribution in [0.25, 0.3) is 16.8 Å². The topological polar surface area (TPSA) is 107 Å². The minimum absolute atomic E-state index is 0.157. The van der Waals surface area contributed by atoms with Crippen molar-refractivity contribution in [3.05, 3.63) is 122 Å². The van der Waals surface area contributed by atoms with Gasteiger partial charge in [0.15, 0.2) is 5.78 Å². The van der Waals surface area contributed by atoms with Crippen LogP contribution in [0.15, 0.2) is 89.8 Å². The number of imide groups is 1. The monoisotopic (exact) mass is 558 g/mol. The van der Waals surface area contributed by atoms with Crippen molar-refractivity contribution < 1.29 is 24.0 Å². The number of carbonyl (C=O) groups excluding carboxylic acids is 3. The largest absolute Gasteiger partial charge is 0.488 e. The molecular formula is C29H19ClN2O6S. The van der Waals surface area contributed by atoms with Crippen LogP contribution >= 0.6 is 23.4 Å². The molecule has 2 amide bonds. The van der Waals surface area contributed by atoms with E-state index >= 15 is 0 Å². The summed E-state index contributed by atoms with van der Waals surface area (Å²) in [6.07, 6.45) is 1.61. The molecule has 0 spiro atoms. The molecule has 1 aliphatic heterocycles. The number of halogens is 1. The van der Waals surface area contributed by atoms with Crippen molar-refractivity contribution in [1.29, 1.82) is 0 Å². The van der Waals surface area contributed by atoms with E-state index in [1.165, 1.54) is 24.3 Å². The first kappa shape index (κ1) is 26.1. The lowest BCUT2D eigenvalue weighted by molar-refractivity contribution is -0.384. The molecule has 4 aromatic carbocycles. The molecule has 0 unspecified atom stereocenters. The number of nitro groups is 1. The number of non-ortho nitro benzene ring substituents is 1. The molecule has 8 nitrogen and oxygen atoms in total. The van der Waals surface area contributed by atoms with E-state index in [0.29, 0.717) is 16.3 Å². The standard InChI is InChI=1S/C29H19ClN2O6S/c30-21-10-5-18(6-11-21)17-38-26-14-9-19-3-1-2-4-23(19)24(26)15-27-28(34)31(29(35)39-27)16-25(33)20-7-12-22(13-8-20)32(36)37/h1-15H,16-17H2/b27-15+. The van der Waals surface area contributed by atoms with Gasteiger partial charge >= 0.3 is 0 Å². The van der Waals surface area contributed by atoms with Gasteiger partial charge in [0.05, 0.1) is 16.4 Å². The summed E-state index contributed by atoms with van der Waals surface area (Å²) in [6.45, 7) is -0.211. The number of carbonyl (C=O) groups is 3. The Kier molecular flexibility index (Phi) is 7.44. The first-order chi connectivity index (χ1) is 18.8. The van der Waals surface area contributed by atoms with Gasteiger partial charge in [0, 0.05) is 28.3 Å². The number of hydrogen-bond acceptors (Lipinski definition) is 7. The van der Waals surface area contributed by atoms with Gasteiger partial charge in [0.25, 0.3) is 16.8 Å². The number of ether oxygens (including phenoxy) is 1. The van der Waals surface area contributed by atoms with E-state index < -0.39 is 28.4 Å². The zero-order valence-corrected chi connectivity index (χ0v) is 21.8. The minimum Gasteiger partial charge on any atom is -0.488 e. The number of ketones is 1. The fraction of sp³-hybridized carbons (Fsp3) is 0.0690. The number of nitrogens with zero attached hydrogens (tertiary/aromatic N) is 2.